The van der Waals surface area contributed by atoms with Crippen molar-refractivity contribution in [2.45, 2.75) is 43.9 Å². The van der Waals surface area contributed by atoms with Crippen LogP contribution in [0.25, 0.3) is 11.3 Å². The summed E-state index contributed by atoms with van der Waals surface area (Å²) in [4.78, 5) is 21.4. The van der Waals surface area contributed by atoms with Crippen LogP contribution < -0.4 is 5.73 Å². The minimum Gasteiger partial charge on any atom is -0.346 e. The first kappa shape index (κ1) is 24.5. The van der Waals surface area contributed by atoms with Crippen LogP contribution in [0.15, 0.2) is 48.8 Å². The maximum atomic E-state index is 14.5. The zero-order chi connectivity index (χ0) is 25.4. The Morgan fingerprint density at radius 2 is 1.78 bits per heavy atom. The molecule has 6 nitrogen and oxygen atoms in total. The summed E-state index contributed by atoms with van der Waals surface area (Å²) in [6, 6.07) is 6.95. The lowest BCUT2D eigenvalue weighted by molar-refractivity contribution is -0.221. The number of nitrogens with two attached hydrogens (primary N) is 1. The molecule has 5 rings (SSSR count). The van der Waals surface area contributed by atoms with Gasteiger partial charge < -0.3 is 15.2 Å². The molecule has 0 radical (unpaired) electrons. The van der Waals surface area contributed by atoms with E-state index in [0.29, 0.717) is 25.2 Å². The number of ether oxygens (including phenoxy) is 2. The molecule has 2 aliphatic rings. The first-order valence-electron chi connectivity index (χ1n) is 11.9. The van der Waals surface area contributed by atoms with Crippen LogP contribution in [0.1, 0.15) is 47.3 Å². The van der Waals surface area contributed by atoms with E-state index in [1.54, 1.807) is 12.4 Å². The van der Waals surface area contributed by atoms with Gasteiger partial charge in [0.25, 0.3) is 0 Å². The molecule has 36 heavy (non-hydrogen) atoms. The van der Waals surface area contributed by atoms with Crippen LogP contribution >= 0.6 is 0 Å². The Bertz CT molecular complexity index is 1260. The van der Waals surface area contributed by atoms with E-state index in [0.717, 1.165) is 30.2 Å². The average molecular weight is 498 g/mol. The number of hydrogen-bond acceptors (Lipinski definition) is 6. The Hall–Kier alpha value is -3.14. The highest BCUT2D eigenvalue weighted by Gasteiger charge is 2.51. The molecule has 0 unspecified atom stereocenters. The molecule has 3 heterocycles. The number of pyridine rings is 2. The molecule has 3 atom stereocenters. The second kappa shape index (κ2) is 9.72. The van der Waals surface area contributed by atoms with Crippen molar-refractivity contribution in [1.29, 1.82) is 0 Å². The van der Waals surface area contributed by atoms with E-state index in [4.69, 9.17) is 15.2 Å². The molecule has 188 valence electrons. The van der Waals surface area contributed by atoms with E-state index in [1.165, 1.54) is 12.1 Å². The van der Waals surface area contributed by atoms with Crippen molar-refractivity contribution in [2.24, 2.45) is 11.7 Å². The standard InChI is InChI=1S/C27H26F3N3O3/c1-15-11-16(13-24(31)27(15)35-9-10-36-27)18-7-8-32-14-17(18)12-23(34)22-6-5-21(30)26(33-22)25-19(28)3-2-4-20(25)29/h2-8,14-16,24H,9-13,31H2,1H3/t15-,16+,24+/m1/s1. The van der Waals surface area contributed by atoms with Crippen molar-refractivity contribution in [3.63, 3.8) is 0 Å². The molecule has 0 amide bonds. The molecule has 2 N–H and O–H groups in total. The number of nitrogens with zero attached hydrogens (tertiary/aromatic N) is 2. The van der Waals surface area contributed by atoms with Crippen LogP contribution in [0.5, 0.6) is 0 Å². The third kappa shape index (κ3) is 4.31. The predicted octanol–water partition coefficient (Wildman–Crippen LogP) is 4.57. The lowest BCUT2D eigenvalue weighted by Gasteiger charge is -2.45. The second-order valence-electron chi connectivity index (χ2n) is 9.39. The normalized spacial score (nSPS) is 23.2. The molecule has 9 heteroatoms. The monoisotopic (exact) mass is 497 g/mol. The Morgan fingerprint density at radius 1 is 1.06 bits per heavy atom. The summed E-state index contributed by atoms with van der Waals surface area (Å²) >= 11 is 0. The number of carbonyl (C=O) groups is 1. The van der Waals surface area contributed by atoms with E-state index in [1.807, 2.05) is 6.07 Å². The van der Waals surface area contributed by atoms with Crippen molar-refractivity contribution in [2.75, 3.05) is 13.2 Å². The van der Waals surface area contributed by atoms with Gasteiger partial charge in [-0.15, -0.1) is 0 Å². The number of benzene rings is 1. The van der Waals surface area contributed by atoms with Crippen molar-refractivity contribution < 1.29 is 27.4 Å². The van der Waals surface area contributed by atoms with Gasteiger partial charge in [0.05, 0.1) is 24.8 Å². The first-order valence-corrected chi connectivity index (χ1v) is 11.9. The van der Waals surface area contributed by atoms with Gasteiger partial charge in [-0.25, -0.2) is 18.2 Å². The van der Waals surface area contributed by atoms with E-state index in [-0.39, 0.29) is 30.0 Å². The molecule has 1 aliphatic heterocycles. The summed E-state index contributed by atoms with van der Waals surface area (Å²) in [6.45, 7) is 3.08. The quantitative estimate of drug-likeness (QED) is 0.520. The minimum absolute atomic E-state index is 0.0439. The van der Waals surface area contributed by atoms with Crippen LogP contribution in [0.4, 0.5) is 13.2 Å². The zero-order valence-corrected chi connectivity index (χ0v) is 19.7. The summed E-state index contributed by atoms with van der Waals surface area (Å²) in [6.07, 6.45) is 4.60. The topological polar surface area (TPSA) is 87.3 Å². The van der Waals surface area contributed by atoms with Gasteiger partial charge in [0.1, 0.15) is 28.8 Å². The van der Waals surface area contributed by atoms with E-state index in [2.05, 4.69) is 16.9 Å². The van der Waals surface area contributed by atoms with Crippen LogP contribution in [0.2, 0.25) is 0 Å². The summed E-state index contributed by atoms with van der Waals surface area (Å²) in [5, 5.41) is 0. The van der Waals surface area contributed by atoms with Gasteiger partial charge in [-0.1, -0.05) is 13.0 Å². The predicted molar refractivity (Wildman–Crippen MR) is 126 cm³/mol. The fourth-order valence-electron chi connectivity index (χ4n) is 5.46. The second-order valence-corrected chi connectivity index (χ2v) is 9.39. The smallest absolute Gasteiger partial charge is 0.186 e. The molecule has 1 saturated heterocycles. The Kier molecular flexibility index (Phi) is 6.63. The van der Waals surface area contributed by atoms with Crippen molar-refractivity contribution in [3.8, 4) is 11.3 Å². The van der Waals surface area contributed by atoms with E-state index >= 15 is 0 Å². The van der Waals surface area contributed by atoms with Gasteiger partial charge in [-0.3, -0.25) is 9.78 Å². The van der Waals surface area contributed by atoms with Crippen molar-refractivity contribution in [1.82, 2.24) is 9.97 Å². The molecular weight excluding hydrogens is 471 g/mol. The molecule has 1 spiro atoms. The fourth-order valence-corrected chi connectivity index (χ4v) is 5.46. The van der Waals surface area contributed by atoms with Gasteiger partial charge in [-0.05, 0) is 60.2 Å². The summed E-state index contributed by atoms with van der Waals surface area (Å²) in [5.74, 6) is -3.95. The number of rotatable bonds is 5. The molecule has 1 aromatic carbocycles. The molecular formula is C27H26F3N3O3. The first-order chi connectivity index (χ1) is 17.3. The van der Waals surface area contributed by atoms with E-state index in [9.17, 15) is 18.0 Å². The Labute approximate surface area is 206 Å². The molecule has 3 aromatic rings. The van der Waals surface area contributed by atoms with Crippen molar-refractivity contribution >= 4 is 5.78 Å². The highest BCUT2D eigenvalue weighted by molar-refractivity contribution is 5.96. The van der Waals surface area contributed by atoms with Gasteiger partial charge in [0, 0.05) is 24.7 Å². The van der Waals surface area contributed by atoms with Crippen LogP contribution in [0, 0.1) is 23.4 Å². The summed E-state index contributed by atoms with van der Waals surface area (Å²) < 4.78 is 54.8. The Balaban J connectivity index is 1.41. The maximum absolute atomic E-state index is 14.5. The largest absolute Gasteiger partial charge is 0.346 e. The average Bonchev–Trinajstić information content (AvgIpc) is 3.35. The van der Waals surface area contributed by atoms with Gasteiger partial charge in [0.15, 0.2) is 11.6 Å². The van der Waals surface area contributed by atoms with Crippen LogP contribution in [-0.4, -0.2) is 40.8 Å². The summed E-state index contributed by atoms with van der Waals surface area (Å²) in [5.41, 5.74) is 6.90. The SMILES string of the molecule is C[C@@H]1C[C@H](c2ccncc2CC(=O)c2ccc(F)c(-c3c(F)cccc3F)n2)C[C@H](N)C12OCCO2. The highest BCUT2D eigenvalue weighted by atomic mass is 19.1. The zero-order valence-electron chi connectivity index (χ0n) is 19.7. The number of Topliss-reactive ketones (excluding diaryl/α,β-unsaturated/α-hetero) is 1. The lowest BCUT2D eigenvalue weighted by Crippen LogP contribution is -2.57. The molecule has 2 fully saturated rings. The van der Waals surface area contributed by atoms with Gasteiger partial charge in [-0.2, -0.15) is 0 Å². The summed E-state index contributed by atoms with van der Waals surface area (Å²) in [7, 11) is 0. The third-order valence-corrected chi connectivity index (χ3v) is 7.18. The third-order valence-electron chi connectivity index (χ3n) is 7.18. The van der Waals surface area contributed by atoms with Gasteiger partial charge in [0.2, 0.25) is 0 Å². The molecule has 0 bridgehead atoms. The highest BCUT2D eigenvalue weighted by Crippen LogP contribution is 2.46. The maximum Gasteiger partial charge on any atom is 0.186 e. The lowest BCUT2D eigenvalue weighted by atomic mass is 9.71. The molecule has 1 saturated carbocycles. The number of halogens is 3. The number of hydrogen-bond donors (Lipinski definition) is 1. The number of aromatic nitrogens is 2. The number of ketones is 1. The molecule has 1 aliphatic carbocycles. The van der Waals surface area contributed by atoms with Crippen LogP contribution in [-0.2, 0) is 15.9 Å². The molecule has 2 aromatic heterocycles. The van der Waals surface area contributed by atoms with E-state index < -0.39 is 40.3 Å². The fraction of sp³-hybridized carbons (Fsp3) is 0.370. The Morgan fingerprint density at radius 3 is 2.47 bits per heavy atom. The van der Waals surface area contributed by atoms with Crippen molar-refractivity contribution in [3.05, 3.63) is 83.1 Å². The number of carbonyl (C=O) groups excluding carboxylic acids is 1. The van der Waals surface area contributed by atoms with Gasteiger partial charge >= 0.3 is 0 Å². The van der Waals surface area contributed by atoms with Crippen LogP contribution in [0.3, 0.4) is 0 Å². The minimum atomic E-state index is -0.962.